The van der Waals surface area contributed by atoms with Gasteiger partial charge in [-0.3, -0.25) is 9.59 Å². The van der Waals surface area contributed by atoms with E-state index >= 15 is 0 Å². The minimum atomic E-state index is -0.256. The number of rotatable bonds is 4. The molecule has 0 aromatic heterocycles. The summed E-state index contributed by atoms with van der Waals surface area (Å²) < 4.78 is 0. The van der Waals surface area contributed by atoms with Crippen molar-refractivity contribution in [3.8, 4) is 0 Å². The van der Waals surface area contributed by atoms with Crippen molar-refractivity contribution in [2.24, 2.45) is 22.2 Å². The molecule has 2 unspecified atom stereocenters. The third-order valence-electron chi connectivity index (χ3n) is 7.75. The predicted octanol–water partition coefficient (Wildman–Crippen LogP) is 5.01. The number of likely N-dealkylation sites (N-methyl/N-ethyl adjacent to an activating group) is 1. The summed E-state index contributed by atoms with van der Waals surface area (Å²) in [6.45, 7) is 11.0. The Bertz CT molecular complexity index is 833. The molecule has 2 amide bonds. The van der Waals surface area contributed by atoms with Gasteiger partial charge in [0.25, 0.3) is 0 Å². The lowest BCUT2D eigenvalue weighted by atomic mass is 9.40. The monoisotopic (exact) mass is 396 g/mol. The van der Waals surface area contributed by atoms with Crippen LogP contribution in [0.3, 0.4) is 0 Å². The molecule has 5 rings (SSSR count). The average molecular weight is 397 g/mol. The van der Waals surface area contributed by atoms with Crippen LogP contribution in [0.5, 0.6) is 0 Å². The van der Waals surface area contributed by atoms with Crippen LogP contribution in [0.1, 0.15) is 69.1 Å². The maximum atomic E-state index is 13.6. The smallest absolute Gasteiger partial charge is 0.243 e. The molecule has 4 aliphatic carbocycles. The van der Waals surface area contributed by atoms with Crippen LogP contribution in [-0.2, 0) is 9.59 Å². The number of hydrogen-bond donors (Lipinski definition) is 1. The second kappa shape index (κ2) is 6.58. The minimum Gasteiger partial charge on any atom is -0.336 e. The molecule has 4 heteroatoms. The fraction of sp³-hybridized carbons (Fsp3) is 0.680. The first-order valence-electron chi connectivity index (χ1n) is 11.1. The van der Waals surface area contributed by atoms with E-state index in [0.717, 1.165) is 36.1 Å². The Morgan fingerprint density at radius 1 is 1.00 bits per heavy atom. The zero-order valence-corrected chi connectivity index (χ0v) is 18.9. The average Bonchev–Trinajstić information content (AvgIpc) is 2.54. The van der Waals surface area contributed by atoms with E-state index in [1.165, 1.54) is 24.8 Å². The lowest BCUT2D eigenvalue weighted by Crippen LogP contribution is -2.60. The van der Waals surface area contributed by atoms with Crippen molar-refractivity contribution in [3.63, 3.8) is 0 Å². The molecule has 158 valence electrons. The highest BCUT2D eigenvalue weighted by molar-refractivity contribution is 5.96. The second-order valence-electron chi connectivity index (χ2n) is 11.4. The second-order valence-corrected chi connectivity index (χ2v) is 11.4. The van der Waals surface area contributed by atoms with E-state index in [4.69, 9.17) is 0 Å². The number of aryl methyl sites for hydroxylation is 3. The van der Waals surface area contributed by atoms with Crippen molar-refractivity contribution in [1.82, 2.24) is 4.90 Å². The Hall–Kier alpha value is -1.84. The molecular formula is C25H36N2O2. The van der Waals surface area contributed by atoms with E-state index in [0.29, 0.717) is 16.7 Å². The summed E-state index contributed by atoms with van der Waals surface area (Å²) in [6, 6.07) is 4.16. The molecule has 4 fully saturated rings. The summed E-state index contributed by atoms with van der Waals surface area (Å²) in [5, 5.41) is 3.05. The minimum absolute atomic E-state index is 0.113. The largest absolute Gasteiger partial charge is 0.336 e. The molecular weight excluding hydrogens is 360 g/mol. The van der Waals surface area contributed by atoms with Gasteiger partial charge in [0, 0.05) is 12.7 Å². The zero-order chi connectivity index (χ0) is 21.2. The van der Waals surface area contributed by atoms with Crippen LogP contribution < -0.4 is 5.32 Å². The van der Waals surface area contributed by atoms with E-state index in [1.54, 1.807) is 11.9 Å². The van der Waals surface area contributed by atoms with Gasteiger partial charge in [0.05, 0.1) is 12.0 Å². The summed E-state index contributed by atoms with van der Waals surface area (Å²) in [5.74, 6) is 0.745. The van der Waals surface area contributed by atoms with Crippen molar-refractivity contribution in [3.05, 3.63) is 28.8 Å². The van der Waals surface area contributed by atoms with Gasteiger partial charge in [-0.2, -0.15) is 0 Å². The van der Waals surface area contributed by atoms with Gasteiger partial charge in [0.2, 0.25) is 11.8 Å². The molecule has 29 heavy (non-hydrogen) atoms. The molecule has 0 heterocycles. The Morgan fingerprint density at radius 2 is 1.55 bits per heavy atom. The van der Waals surface area contributed by atoms with E-state index in [2.05, 4.69) is 38.2 Å². The summed E-state index contributed by atoms with van der Waals surface area (Å²) >= 11 is 0. The van der Waals surface area contributed by atoms with Gasteiger partial charge in [0.15, 0.2) is 0 Å². The molecule has 0 radical (unpaired) electrons. The van der Waals surface area contributed by atoms with Gasteiger partial charge in [0.1, 0.15) is 0 Å². The SMILES string of the molecule is Cc1cc(C)c(NC(=O)CN(C)C(=O)C23CC4CC(C)(CC(C)(C4)C2)C3)c(C)c1. The molecule has 2 atom stereocenters. The van der Waals surface area contributed by atoms with E-state index in [-0.39, 0.29) is 23.8 Å². The Labute approximate surface area is 175 Å². The molecule has 1 aromatic rings. The van der Waals surface area contributed by atoms with Gasteiger partial charge in [-0.15, -0.1) is 0 Å². The first kappa shape index (κ1) is 20.4. The van der Waals surface area contributed by atoms with Crippen molar-refractivity contribution < 1.29 is 9.59 Å². The molecule has 1 aromatic carbocycles. The molecule has 0 spiro atoms. The van der Waals surface area contributed by atoms with Crippen molar-refractivity contribution in [1.29, 1.82) is 0 Å². The topological polar surface area (TPSA) is 49.4 Å². The number of carbonyl (C=O) groups excluding carboxylic acids is 2. The standard InChI is InChI=1S/C25H36N2O2/c1-16-7-17(2)21(18(3)8-16)26-20(28)12-27(6)22(29)25-11-19-9-23(4,14-25)13-24(5,10-19)15-25/h7-8,19H,9-15H2,1-6H3,(H,26,28). The van der Waals surface area contributed by atoms with Gasteiger partial charge in [-0.05, 0) is 87.2 Å². The third kappa shape index (κ3) is 3.60. The fourth-order valence-corrected chi connectivity index (χ4v) is 7.93. The molecule has 0 aliphatic heterocycles. The summed E-state index contributed by atoms with van der Waals surface area (Å²) in [4.78, 5) is 28.0. The number of hydrogen-bond acceptors (Lipinski definition) is 2. The molecule has 1 N–H and O–H groups in total. The third-order valence-corrected chi connectivity index (χ3v) is 7.75. The highest BCUT2D eigenvalue weighted by atomic mass is 16.2. The number of amides is 2. The molecule has 4 saturated carbocycles. The molecule has 0 saturated heterocycles. The Kier molecular flexibility index (Phi) is 4.64. The highest BCUT2D eigenvalue weighted by Crippen LogP contribution is 2.69. The molecule has 4 bridgehead atoms. The quantitative estimate of drug-likeness (QED) is 0.778. The maximum absolute atomic E-state index is 13.6. The Morgan fingerprint density at radius 3 is 2.07 bits per heavy atom. The molecule has 4 nitrogen and oxygen atoms in total. The number of anilines is 1. The van der Waals surface area contributed by atoms with E-state index in [9.17, 15) is 9.59 Å². The van der Waals surface area contributed by atoms with Crippen LogP contribution in [0, 0.1) is 42.9 Å². The summed E-state index contributed by atoms with van der Waals surface area (Å²) in [7, 11) is 1.81. The number of nitrogens with zero attached hydrogens (tertiary/aromatic N) is 1. The summed E-state index contributed by atoms with van der Waals surface area (Å²) in [5.41, 5.74) is 4.52. The maximum Gasteiger partial charge on any atom is 0.243 e. The van der Waals surface area contributed by atoms with Crippen molar-refractivity contribution >= 4 is 17.5 Å². The fourth-order valence-electron chi connectivity index (χ4n) is 7.93. The lowest BCUT2D eigenvalue weighted by molar-refractivity contribution is -0.178. The zero-order valence-electron chi connectivity index (χ0n) is 18.9. The van der Waals surface area contributed by atoms with E-state index in [1.807, 2.05) is 13.8 Å². The van der Waals surface area contributed by atoms with Crippen LogP contribution in [0.15, 0.2) is 12.1 Å². The lowest BCUT2D eigenvalue weighted by Gasteiger charge is -2.65. The number of benzene rings is 1. The van der Waals surface area contributed by atoms with Gasteiger partial charge in [-0.1, -0.05) is 31.5 Å². The van der Waals surface area contributed by atoms with Gasteiger partial charge < -0.3 is 10.2 Å². The first-order valence-corrected chi connectivity index (χ1v) is 11.1. The number of carbonyl (C=O) groups is 2. The van der Waals surface area contributed by atoms with Crippen molar-refractivity contribution in [2.75, 3.05) is 18.9 Å². The van der Waals surface area contributed by atoms with Crippen LogP contribution in [-0.4, -0.2) is 30.3 Å². The summed E-state index contributed by atoms with van der Waals surface area (Å²) in [6.07, 6.45) is 6.79. The van der Waals surface area contributed by atoms with Crippen molar-refractivity contribution in [2.45, 2.75) is 73.1 Å². The molecule has 4 aliphatic rings. The van der Waals surface area contributed by atoms with E-state index < -0.39 is 0 Å². The first-order chi connectivity index (χ1) is 13.4. The Balaban J connectivity index is 1.47. The van der Waals surface area contributed by atoms with Crippen LogP contribution in [0.25, 0.3) is 0 Å². The number of nitrogens with one attached hydrogen (secondary N) is 1. The van der Waals surface area contributed by atoms with Gasteiger partial charge in [-0.25, -0.2) is 0 Å². The predicted molar refractivity (Wildman–Crippen MR) is 117 cm³/mol. The van der Waals surface area contributed by atoms with Crippen LogP contribution in [0.2, 0.25) is 0 Å². The highest BCUT2D eigenvalue weighted by Gasteiger charge is 2.63. The van der Waals surface area contributed by atoms with Crippen LogP contribution in [0.4, 0.5) is 5.69 Å². The normalized spacial score (nSPS) is 34.9. The van der Waals surface area contributed by atoms with Crippen LogP contribution >= 0.6 is 0 Å². The van der Waals surface area contributed by atoms with Gasteiger partial charge >= 0.3 is 0 Å².